The van der Waals surface area contributed by atoms with Gasteiger partial charge in [-0.2, -0.15) is 0 Å². The van der Waals surface area contributed by atoms with Crippen molar-refractivity contribution in [2.75, 3.05) is 14.1 Å². The van der Waals surface area contributed by atoms with E-state index in [1.165, 1.54) is 38.5 Å². The second-order valence-corrected chi connectivity index (χ2v) is 5.66. The number of hydrogen-bond donors (Lipinski definition) is 1. The van der Waals surface area contributed by atoms with Gasteiger partial charge in [-0.15, -0.1) is 0 Å². The van der Waals surface area contributed by atoms with Crippen LogP contribution in [0.2, 0.25) is 0 Å². The number of carbonyl (C=O) groups is 1. The molecule has 3 nitrogen and oxygen atoms in total. The molecule has 0 bridgehead atoms. The number of carbonyl (C=O) groups excluding carboxylic acids is 1. The molecule has 0 aromatic heterocycles. The van der Waals surface area contributed by atoms with Crippen LogP contribution < -0.4 is 5.32 Å². The molecule has 1 aliphatic carbocycles. The van der Waals surface area contributed by atoms with Gasteiger partial charge < -0.3 is 10.2 Å². The van der Waals surface area contributed by atoms with Gasteiger partial charge in [0.15, 0.2) is 0 Å². The van der Waals surface area contributed by atoms with E-state index in [1.807, 2.05) is 27.9 Å². The molecular formula is C13H26N2O. The van der Waals surface area contributed by atoms with Crippen LogP contribution in [0.1, 0.15) is 52.4 Å². The second kappa shape index (κ2) is 5.67. The molecule has 0 aromatic carbocycles. The third-order valence-electron chi connectivity index (χ3n) is 3.36. The second-order valence-electron chi connectivity index (χ2n) is 5.66. The van der Waals surface area contributed by atoms with Crippen LogP contribution in [-0.4, -0.2) is 36.5 Å². The lowest BCUT2D eigenvalue weighted by Gasteiger charge is -2.32. The average Bonchev–Trinajstić information content (AvgIpc) is 2.44. The zero-order chi connectivity index (χ0) is 12.2. The first-order chi connectivity index (χ1) is 7.43. The Bertz CT molecular complexity index is 228. The predicted molar refractivity (Wildman–Crippen MR) is 67.4 cm³/mol. The average molecular weight is 226 g/mol. The topological polar surface area (TPSA) is 32.3 Å². The van der Waals surface area contributed by atoms with Gasteiger partial charge in [0.1, 0.15) is 0 Å². The van der Waals surface area contributed by atoms with Gasteiger partial charge in [0.2, 0.25) is 5.91 Å². The van der Waals surface area contributed by atoms with E-state index >= 15 is 0 Å². The smallest absolute Gasteiger partial charge is 0.241 e. The van der Waals surface area contributed by atoms with Gasteiger partial charge >= 0.3 is 0 Å². The first-order valence-electron chi connectivity index (χ1n) is 6.43. The van der Waals surface area contributed by atoms with E-state index in [9.17, 15) is 4.79 Å². The van der Waals surface area contributed by atoms with Gasteiger partial charge in [-0.25, -0.2) is 0 Å². The van der Waals surface area contributed by atoms with Crippen molar-refractivity contribution in [2.45, 2.75) is 64.0 Å². The van der Waals surface area contributed by atoms with Gasteiger partial charge in [-0.3, -0.25) is 4.79 Å². The van der Waals surface area contributed by atoms with Gasteiger partial charge in [-0.1, -0.05) is 25.7 Å². The number of nitrogens with zero attached hydrogens (tertiary/aromatic N) is 1. The van der Waals surface area contributed by atoms with Crippen molar-refractivity contribution in [3.63, 3.8) is 0 Å². The summed E-state index contributed by atoms with van der Waals surface area (Å²) in [4.78, 5) is 13.7. The lowest BCUT2D eigenvalue weighted by atomic mass is 9.99. The van der Waals surface area contributed by atoms with E-state index in [0.717, 1.165) is 0 Å². The molecule has 1 aliphatic rings. The molecule has 0 aromatic rings. The molecule has 1 saturated carbocycles. The zero-order valence-electron chi connectivity index (χ0n) is 11.2. The van der Waals surface area contributed by atoms with Crippen LogP contribution >= 0.6 is 0 Å². The highest BCUT2D eigenvalue weighted by atomic mass is 16.2. The lowest BCUT2D eigenvalue weighted by Crippen LogP contribution is -2.55. The monoisotopic (exact) mass is 226 g/mol. The molecule has 1 fully saturated rings. The summed E-state index contributed by atoms with van der Waals surface area (Å²) < 4.78 is 0. The number of hydrogen-bond acceptors (Lipinski definition) is 2. The highest BCUT2D eigenvalue weighted by Crippen LogP contribution is 2.20. The van der Waals surface area contributed by atoms with Gasteiger partial charge in [-0.05, 0) is 26.7 Å². The quantitative estimate of drug-likeness (QED) is 0.748. The predicted octanol–water partition coefficient (Wildman–Crippen LogP) is 2.17. The summed E-state index contributed by atoms with van der Waals surface area (Å²) in [6, 6.07) is 0.515. The molecule has 94 valence electrons. The first kappa shape index (κ1) is 13.5. The molecule has 0 heterocycles. The van der Waals surface area contributed by atoms with E-state index in [0.29, 0.717) is 6.04 Å². The zero-order valence-corrected chi connectivity index (χ0v) is 11.2. The number of nitrogens with one attached hydrogen (secondary N) is 1. The minimum atomic E-state index is -0.432. The molecule has 0 saturated heterocycles. The van der Waals surface area contributed by atoms with Crippen LogP contribution in [0.5, 0.6) is 0 Å². The molecule has 3 heteroatoms. The van der Waals surface area contributed by atoms with Gasteiger partial charge in [0.05, 0.1) is 5.54 Å². The summed E-state index contributed by atoms with van der Waals surface area (Å²) in [6.45, 7) is 3.97. The highest BCUT2D eigenvalue weighted by Gasteiger charge is 2.31. The molecule has 0 aliphatic heterocycles. The van der Waals surface area contributed by atoms with E-state index in [4.69, 9.17) is 0 Å². The fourth-order valence-electron chi connectivity index (χ4n) is 2.55. The molecule has 0 unspecified atom stereocenters. The lowest BCUT2D eigenvalue weighted by molar-refractivity contribution is -0.134. The van der Waals surface area contributed by atoms with Crippen molar-refractivity contribution in [1.29, 1.82) is 0 Å². The van der Waals surface area contributed by atoms with E-state index < -0.39 is 5.54 Å². The van der Waals surface area contributed by atoms with Crippen molar-refractivity contribution in [3.8, 4) is 0 Å². The van der Waals surface area contributed by atoms with Crippen molar-refractivity contribution in [3.05, 3.63) is 0 Å². The summed E-state index contributed by atoms with van der Waals surface area (Å²) in [5.74, 6) is 0.164. The van der Waals surface area contributed by atoms with Crippen molar-refractivity contribution in [1.82, 2.24) is 10.2 Å². The van der Waals surface area contributed by atoms with Crippen molar-refractivity contribution < 1.29 is 4.79 Å². The summed E-state index contributed by atoms with van der Waals surface area (Å²) in [6.07, 6.45) is 7.71. The standard InChI is InChI=1S/C13H26N2O/c1-13(2,12(16)15(3)4)14-11-9-7-5-6-8-10-11/h11,14H,5-10H2,1-4H3. The molecule has 1 rings (SSSR count). The van der Waals surface area contributed by atoms with Crippen LogP contribution in [0.15, 0.2) is 0 Å². The van der Waals surface area contributed by atoms with Crippen LogP contribution in [-0.2, 0) is 4.79 Å². The van der Waals surface area contributed by atoms with Gasteiger partial charge in [0, 0.05) is 20.1 Å². The Kier molecular flexibility index (Phi) is 4.78. The van der Waals surface area contributed by atoms with Crippen LogP contribution in [0.25, 0.3) is 0 Å². The normalized spacial score (nSPS) is 19.2. The van der Waals surface area contributed by atoms with Crippen molar-refractivity contribution in [2.24, 2.45) is 0 Å². The molecule has 0 radical (unpaired) electrons. The van der Waals surface area contributed by atoms with Gasteiger partial charge in [0.25, 0.3) is 0 Å². The van der Waals surface area contributed by atoms with Crippen LogP contribution in [0.3, 0.4) is 0 Å². The maximum atomic E-state index is 12.0. The third-order valence-corrected chi connectivity index (χ3v) is 3.36. The molecule has 1 N–H and O–H groups in total. The first-order valence-corrected chi connectivity index (χ1v) is 6.43. The largest absolute Gasteiger partial charge is 0.347 e. The number of amides is 1. The molecule has 0 spiro atoms. The Morgan fingerprint density at radius 3 is 2.06 bits per heavy atom. The SMILES string of the molecule is CN(C)C(=O)C(C)(C)NC1CCCCCC1. The Morgan fingerprint density at radius 1 is 1.12 bits per heavy atom. The van der Waals surface area contributed by atoms with E-state index in [1.54, 1.807) is 4.90 Å². The highest BCUT2D eigenvalue weighted by molar-refractivity contribution is 5.85. The maximum Gasteiger partial charge on any atom is 0.241 e. The summed E-state index contributed by atoms with van der Waals surface area (Å²) in [5.41, 5.74) is -0.432. The summed E-state index contributed by atoms with van der Waals surface area (Å²) in [7, 11) is 3.64. The fourth-order valence-corrected chi connectivity index (χ4v) is 2.55. The molecule has 1 amide bonds. The minimum Gasteiger partial charge on any atom is -0.347 e. The Balaban J connectivity index is 2.53. The Morgan fingerprint density at radius 2 is 1.62 bits per heavy atom. The Labute approximate surface area is 99.6 Å². The van der Waals surface area contributed by atoms with E-state index in [-0.39, 0.29) is 5.91 Å². The number of rotatable bonds is 3. The van der Waals surface area contributed by atoms with Crippen molar-refractivity contribution >= 4 is 5.91 Å². The molecule has 16 heavy (non-hydrogen) atoms. The molecular weight excluding hydrogens is 200 g/mol. The van der Waals surface area contributed by atoms with Crippen LogP contribution in [0, 0.1) is 0 Å². The maximum absolute atomic E-state index is 12.0. The Hall–Kier alpha value is -0.570. The fraction of sp³-hybridized carbons (Fsp3) is 0.923. The summed E-state index contributed by atoms with van der Waals surface area (Å²) in [5, 5.41) is 3.53. The van der Waals surface area contributed by atoms with Crippen LogP contribution in [0.4, 0.5) is 0 Å². The number of likely N-dealkylation sites (N-methyl/N-ethyl adjacent to an activating group) is 1. The molecule has 0 atom stereocenters. The van der Waals surface area contributed by atoms with E-state index in [2.05, 4.69) is 5.32 Å². The summed E-state index contributed by atoms with van der Waals surface area (Å²) >= 11 is 0. The minimum absolute atomic E-state index is 0.164. The third kappa shape index (κ3) is 3.78.